The maximum atomic E-state index is 5.80. The van der Waals surface area contributed by atoms with E-state index in [0.717, 1.165) is 31.5 Å². The summed E-state index contributed by atoms with van der Waals surface area (Å²) in [6.45, 7) is 10.1. The Morgan fingerprint density at radius 2 is 2.33 bits per heavy atom. The molecule has 0 amide bonds. The molecule has 2 atom stereocenters. The molecule has 1 aromatic heterocycles. The summed E-state index contributed by atoms with van der Waals surface area (Å²) in [6.07, 6.45) is 11.0. The summed E-state index contributed by atoms with van der Waals surface area (Å²) in [6, 6.07) is 0.269. The molecule has 1 aliphatic heterocycles. The Kier molecular flexibility index (Phi) is 5.62. The van der Waals surface area contributed by atoms with Crippen molar-refractivity contribution in [2.75, 3.05) is 18.9 Å². The summed E-state index contributed by atoms with van der Waals surface area (Å²) >= 11 is 0. The largest absolute Gasteiger partial charge is 0.396 e. The van der Waals surface area contributed by atoms with E-state index in [0.29, 0.717) is 5.69 Å². The van der Waals surface area contributed by atoms with E-state index < -0.39 is 0 Å². The number of hydrogen-bond acceptors (Lipinski definition) is 3. The van der Waals surface area contributed by atoms with Gasteiger partial charge < -0.3 is 10.5 Å². The van der Waals surface area contributed by atoms with E-state index in [1.165, 1.54) is 18.4 Å². The van der Waals surface area contributed by atoms with Crippen LogP contribution in [0.25, 0.3) is 0 Å². The zero-order valence-electron chi connectivity index (χ0n) is 13.2. The Labute approximate surface area is 127 Å². The minimum absolute atomic E-state index is 0.269. The van der Waals surface area contributed by atoms with Crippen LogP contribution in [0.5, 0.6) is 0 Å². The van der Waals surface area contributed by atoms with Gasteiger partial charge in [-0.05, 0) is 24.8 Å². The molecule has 116 valence electrons. The van der Waals surface area contributed by atoms with Crippen LogP contribution in [0.4, 0.5) is 5.69 Å². The maximum Gasteiger partial charge on any atom is 0.0729 e. The highest BCUT2D eigenvalue weighted by Gasteiger charge is 2.25. The average molecular weight is 289 g/mol. The van der Waals surface area contributed by atoms with Crippen molar-refractivity contribution < 1.29 is 4.74 Å². The molecule has 0 spiro atoms. The fourth-order valence-electron chi connectivity index (χ4n) is 2.84. The quantitative estimate of drug-likeness (QED) is 0.744. The molecule has 1 aliphatic rings. The Morgan fingerprint density at radius 1 is 1.57 bits per heavy atom. The Bertz CT molecular complexity index is 488. The van der Waals surface area contributed by atoms with Crippen molar-refractivity contribution in [1.29, 1.82) is 0 Å². The lowest BCUT2D eigenvalue weighted by Gasteiger charge is -2.31. The van der Waals surface area contributed by atoms with Crippen molar-refractivity contribution in [1.82, 2.24) is 9.78 Å². The van der Waals surface area contributed by atoms with Gasteiger partial charge in [0.05, 0.1) is 31.1 Å². The second-order valence-electron chi connectivity index (χ2n) is 6.12. The van der Waals surface area contributed by atoms with E-state index in [1.807, 2.05) is 17.0 Å². The van der Waals surface area contributed by atoms with Gasteiger partial charge >= 0.3 is 0 Å². The average Bonchev–Trinajstić information content (AvgIpc) is 2.79. The summed E-state index contributed by atoms with van der Waals surface area (Å²) in [5.74, 6) is 1.50. The van der Waals surface area contributed by atoms with Gasteiger partial charge in [-0.25, -0.2) is 0 Å². The van der Waals surface area contributed by atoms with Crippen molar-refractivity contribution in [2.45, 2.75) is 39.2 Å². The molecule has 2 N–H and O–H groups in total. The van der Waals surface area contributed by atoms with Crippen LogP contribution in [-0.2, 0) is 4.74 Å². The van der Waals surface area contributed by atoms with Crippen LogP contribution in [0.2, 0.25) is 0 Å². The number of aromatic nitrogens is 2. The highest BCUT2D eigenvalue weighted by molar-refractivity contribution is 5.31. The smallest absolute Gasteiger partial charge is 0.0729 e. The predicted molar refractivity (Wildman–Crippen MR) is 87.0 cm³/mol. The van der Waals surface area contributed by atoms with Gasteiger partial charge in [-0.1, -0.05) is 38.5 Å². The fraction of sp³-hybridized carbons (Fsp3) is 0.588. The minimum atomic E-state index is 0.269. The van der Waals surface area contributed by atoms with Gasteiger partial charge in [-0.15, -0.1) is 0 Å². The number of hydrogen-bond donors (Lipinski definition) is 1. The van der Waals surface area contributed by atoms with Gasteiger partial charge in [0.25, 0.3) is 0 Å². The summed E-state index contributed by atoms with van der Waals surface area (Å²) in [5.41, 5.74) is 7.78. The third-order valence-electron chi connectivity index (χ3n) is 4.45. The number of nitrogen functional groups attached to an aromatic ring is 1. The van der Waals surface area contributed by atoms with E-state index in [4.69, 9.17) is 10.5 Å². The molecule has 21 heavy (non-hydrogen) atoms. The van der Waals surface area contributed by atoms with Gasteiger partial charge in [-0.2, -0.15) is 5.10 Å². The zero-order valence-corrected chi connectivity index (χ0v) is 13.2. The van der Waals surface area contributed by atoms with Crippen LogP contribution in [0, 0.1) is 11.8 Å². The minimum Gasteiger partial charge on any atom is -0.396 e. The Morgan fingerprint density at radius 3 is 2.86 bits per heavy atom. The molecule has 1 saturated heterocycles. The highest BCUT2D eigenvalue weighted by Crippen LogP contribution is 2.29. The molecular weight excluding hydrogens is 262 g/mol. The van der Waals surface area contributed by atoms with Crippen molar-refractivity contribution >= 4 is 5.69 Å². The number of rotatable bonds is 8. The Hall–Kier alpha value is -1.55. The first kappa shape index (κ1) is 15.8. The number of allylic oxidation sites excluding steroid dienone is 3. The third kappa shape index (κ3) is 4.21. The van der Waals surface area contributed by atoms with Crippen LogP contribution < -0.4 is 5.73 Å². The molecule has 2 rings (SSSR count). The molecule has 0 saturated carbocycles. The van der Waals surface area contributed by atoms with Crippen molar-refractivity contribution in [3.8, 4) is 0 Å². The van der Waals surface area contributed by atoms with Crippen LogP contribution >= 0.6 is 0 Å². The predicted octanol–water partition coefficient (Wildman–Crippen LogP) is 3.59. The highest BCUT2D eigenvalue weighted by atomic mass is 16.5. The van der Waals surface area contributed by atoms with Gasteiger partial charge in [-0.3, -0.25) is 4.68 Å². The summed E-state index contributed by atoms with van der Waals surface area (Å²) in [5, 5.41) is 4.38. The monoisotopic (exact) mass is 289 g/mol. The summed E-state index contributed by atoms with van der Waals surface area (Å²) in [4.78, 5) is 0. The van der Waals surface area contributed by atoms with Crippen molar-refractivity contribution in [3.05, 3.63) is 36.7 Å². The maximum absolute atomic E-state index is 5.80. The van der Waals surface area contributed by atoms with E-state index in [9.17, 15) is 0 Å². The molecule has 0 aromatic carbocycles. The molecular formula is C17H27N3O. The second-order valence-corrected chi connectivity index (χ2v) is 6.12. The molecule has 4 nitrogen and oxygen atoms in total. The van der Waals surface area contributed by atoms with Crippen molar-refractivity contribution in [3.63, 3.8) is 0 Å². The topological polar surface area (TPSA) is 53.1 Å². The standard InChI is InChI=1S/C17H27N3O/c1-4-6-14(3)17(20-10-16(18)9-19-20)8-5-7-13(2)15-11-21-12-15/h4,6,9-10,13,15,17H,1,5,7-8,11-12,18H2,2-3H3. The summed E-state index contributed by atoms with van der Waals surface area (Å²) < 4.78 is 7.25. The Balaban J connectivity index is 1.92. The molecule has 1 fully saturated rings. The SMILES string of the molecule is C=CC=C(C)C(CCCC(C)C1COC1)n1cc(N)cn1. The first-order valence-electron chi connectivity index (χ1n) is 7.78. The normalized spacial score (nSPS) is 19.0. The van der Waals surface area contributed by atoms with Crippen LogP contribution in [0.15, 0.2) is 36.7 Å². The molecule has 2 heterocycles. The lowest BCUT2D eigenvalue weighted by atomic mass is 9.87. The zero-order chi connectivity index (χ0) is 15.2. The third-order valence-corrected chi connectivity index (χ3v) is 4.45. The van der Waals surface area contributed by atoms with Crippen LogP contribution in [0.1, 0.15) is 39.2 Å². The van der Waals surface area contributed by atoms with E-state index in [-0.39, 0.29) is 6.04 Å². The van der Waals surface area contributed by atoms with Crippen LogP contribution in [0.3, 0.4) is 0 Å². The second kappa shape index (κ2) is 7.46. The van der Waals surface area contributed by atoms with Gasteiger partial charge in [0.2, 0.25) is 0 Å². The molecule has 4 heteroatoms. The lowest BCUT2D eigenvalue weighted by Crippen LogP contribution is -2.33. The molecule has 0 aliphatic carbocycles. The summed E-state index contributed by atoms with van der Waals surface area (Å²) in [7, 11) is 0. The van der Waals surface area contributed by atoms with E-state index in [2.05, 4.69) is 31.6 Å². The number of anilines is 1. The lowest BCUT2D eigenvalue weighted by molar-refractivity contribution is -0.0589. The number of nitrogens with two attached hydrogens (primary N) is 1. The van der Waals surface area contributed by atoms with Gasteiger partial charge in [0.1, 0.15) is 0 Å². The van der Waals surface area contributed by atoms with Crippen molar-refractivity contribution in [2.24, 2.45) is 11.8 Å². The van der Waals surface area contributed by atoms with E-state index >= 15 is 0 Å². The molecule has 0 radical (unpaired) electrons. The van der Waals surface area contributed by atoms with Gasteiger partial charge in [0, 0.05) is 12.1 Å². The van der Waals surface area contributed by atoms with E-state index in [1.54, 1.807) is 6.20 Å². The first-order chi connectivity index (χ1) is 10.1. The molecule has 1 aromatic rings. The van der Waals surface area contributed by atoms with Gasteiger partial charge in [0.15, 0.2) is 0 Å². The first-order valence-corrected chi connectivity index (χ1v) is 7.78. The number of ether oxygens (including phenoxy) is 1. The fourth-order valence-corrected chi connectivity index (χ4v) is 2.84. The number of nitrogens with zero attached hydrogens (tertiary/aromatic N) is 2. The molecule has 2 unspecified atom stereocenters. The van der Waals surface area contributed by atoms with Crippen LogP contribution in [-0.4, -0.2) is 23.0 Å². The molecule has 0 bridgehead atoms.